The summed E-state index contributed by atoms with van der Waals surface area (Å²) in [5.74, 6) is 5.05. The van der Waals surface area contributed by atoms with Gasteiger partial charge in [0.15, 0.2) is 69.9 Å². The van der Waals surface area contributed by atoms with Crippen LogP contribution in [-0.4, -0.2) is 68.9 Å². The second-order valence-corrected chi connectivity index (χ2v) is 27.8. The van der Waals surface area contributed by atoms with E-state index in [0.717, 1.165) is 44.5 Å². The van der Waals surface area contributed by atoms with E-state index in [2.05, 4.69) is 6.07 Å². The van der Waals surface area contributed by atoms with Crippen LogP contribution >= 0.6 is 0 Å². The summed E-state index contributed by atoms with van der Waals surface area (Å²) >= 11 is 0. The van der Waals surface area contributed by atoms with Gasteiger partial charge >= 0.3 is 6.18 Å². The summed E-state index contributed by atoms with van der Waals surface area (Å²) in [6.45, 7) is 0. The Bertz CT molecular complexity index is 6640. The van der Waals surface area contributed by atoms with E-state index in [1.165, 1.54) is 12.1 Å². The zero-order valence-corrected chi connectivity index (χ0v) is 61.3. The van der Waals surface area contributed by atoms with Crippen LogP contribution in [0.5, 0.6) is 0 Å². The van der Waals surface area contributed by atoms with Crippen molar-refractivity contribution in [2.45, 2.75) is 6.18 Å². The van der Waals surface area contributed by atoms with Crippen molar-refractivity contribution in [3.05, 3.63) is 363 Å². The maximum Gasteiger partial charge on any atom is 0.417 e. The minimum absolute atomic E-state index is 0.149. The van der Waals surface area contributed by atoms with Gasteiger partial charge in [-0.2, -0.15) is 18.4 Å². The van der Waals surface area contributed by atoms with Crippen LogP contribution in [-0.2, 0) is 6.18 Å². The second-order valence-electron chi connectivity index (χ2n) is 27.8. The van der Waals surface area contributed by atoms with E-state index >= 15 is 13.2 Å². The van der Waals surface area contributed by atoms with Gasteiger partial charge in [-0.05, 0) is 108 Å². The Hall–Kier alpha value is -16.0. The lowest BCUT2D eigenvalue weighted by Gasteiger charge is -2.22. The SMILES string of the molecule is N#Cc1cccc(-c2cc(-n3c4ccc(-c5nc(-c6ccccc6)nc(-c6ccccc6)n5)cc4c4cc(-c5nc(-c6ccccc6)nc(-c6ccccc6)n5)ccc43)c(-n3c4ccc(-c5nc(-c6ccccc6)nc(-c6ccccc6)n5)cc4c4cc(-c5nc(-c6ccccc6)nc(-c6ccccc6)n5)ccc43)cc2C(F)(F)F)c1. The Labute approximate surface area is 661 Å². The minimum Gasteiger partial charge on any atom is -0.307 e. The van der Waals surface area contributed by atoms with E-state index in [4.69, 9.17) is 59.8 Å². The zero-order chi connectivity index (χ0) is 77.8. The van der Waals surface area contributed by atoms with Crippen LogP contribution in [0.2, 0.25) is 0 Å². The third-order valence-electron chi connectivity index (χ3n) is 20.6. The standard InChI is InChI=1S/C98H58F3N15/c99-98(100,101)79-58-85(116-82-50-46-72(96-111-90(65-35-17-5-18-36-65)105-91(112-96)66-37-19-6-20-38-66)55-77(82)78-56-73(47-51-83(78)116)97-113-92(67-39-21-7-22-40-67)106-93(114-97)68-41-23-8-24-42-68)84(57-74(79)69-43-25-26-60(52-69)59-102)115-80-48-44-70(94-107-86(61-27-9-1-10-28-61)103-87(108-94)62-29-11-2-12-30-62)53-75(80)76-54-71(45-49-81(76)115)95-109-88(63-31-13-3-14-32-63)104-89(110-95)64-33-15-4-16-34-64/h1-58H. The molecular formula is C98H58F3N15. The van der Waals surface area contributed by atoms with Gasteiger partial charge in [0, 0.05) is 88.3 Å². The molecular weight excluding hydrogens is 1440 g/mol. The van der Waals surface area contributed by atoms with Crippen molar-refractivity contribution in [3.8, 4) is 165 Å². The summed E-state index contributed by atoms with van der Waals surface area (Å²) in [5, 5.41) is 13.1. The molecule has 15 nitrogen and oxygen atoms in total. The Morgan fingerprint density at radius 1 is 0.216 bits per heavy atom. The maximum absolute atomic E-state index is 17.1. The van der Waals surface area contributed by atoms with Gasteiger partial charge in [0.1, 0.15) is 0 Å². The van der Waals surface area contributed by atoms with Crippen LogP contribution in [0.1, 0.15) is 11.1 Å². The van der Waals surface area contributed by atoms with Crippen LogP contribution in [0.3, 0.4) is 0 Å². The summed E-state index contributed by atoms with van der Waals surface area (Å²) in [6.07, 6.45) is -4.98. The zero-order valence-electron chi connectivity index (χ0n) is 61.3. The van der Waals surface area contributed by atoms with Crippen molar-refractivity contribution < 1.29 is 13.2 Å². The van der Waals surface area contributed by atoms with Gasteiger partial charge < -0.3 is 9.13 Å². The number of benzene rings is 14. The molecule has 14 aromatic carbocycles. The molecule has 20 aromatic rings. The van der Waals surface area contributed by atoms with E-state index < -0.39 is 11.7 Å². The van der Waals surface area contributed by atoms with Crippen LogP contribution in [0.25, 0.3) is 203 Å². The number of fused-ring (bicyclic) bond motifs is 6. The minimum atomic E-state index is -4.98. The molecule has 0 N–H and O–H groups in total. The highest BCUT2D eigenvalue weighted by atomic mass is 19.4. The monoisotopic (exact) mass is 1500 g/mol. The first kappa shape index (κ1) is 69.2. The molecule has 6 heterocycles. The molecule has 0 unspecified atom stereocenters. The molecule has 0 bridgehead atoms. The van der Waals surface area contributed by atoms with Gasteiger partial charge in [0.05, 0.1) is 50.6 Å². The Balaban J connectivity index is 0.887. The van der Waals surface area contributed by atoms with Gasteiger partial charge in [-0.3, -0.25) is 0 Å². The quantitative estimate of drug-likeness (QED) is 0.0944. The number of nitriles is 1. The molecule has 0 radical (unpaired) electrons. The van der Waals surface area contributed by atoms with Gasteiger partial charge in [-0.15, -0.1) is 0 Å². The van der Waals surface area contributed by atoms with Gasteiger partial charge in [0.2, 0.25) is 0 Å². The van der Waals surface area contributed by atoms with Gasteiger partial charge in [-0.1, -0.05) is 255 Å². The number of halogens is 3. The summed E-state index contributed by atoms with van der Waals surface area (Å²) in [7, 11) is 0. The highest BCUT2D eigenvalue weighted by Gasteiger charge is 2.37. The molecule has 18 heteroatoms. The molecule has 0 atom stereocenters. The molecule has 0 aliphatic rings. The summed E-state index contributed by atoms with van der Waals surface area (Å²) in [6, 6.07) is 112. The van der Waals surface area contributed by atoms with Crippen molar-refractivity contribution in [2.75, 3.05) is 0 Å². The first-order chi connectivity index (χ1) is 57.0. The smallest absolute Gasteiger partial charge is 0.307 e. The predicted octanol–water partition coefficient (Wildman–Crippen LogP) is 23.2. The molecule has 0 fully saturated rings. The van der Waals surface area contributed by atoms with Crippen LogP contribution in [0, 0.1) is 11.3 Å². The van der Waals surface area contributed by atoms with Crippen molar-refractivity contribution in [3.63, 3.8) is 0 Å². The van der Waals surface area contributed by atoms with Gasteiger partial charge in [-0.25, -0.2) is 59.8 Å². The molecule has 0 aliphatic heterocycles. The average molecular weight is 1500 g/mol. The van der Waals surface area contributed by atoms with E-state index in [-0.39, 0.29) is 22.4 Å². The number of alkyl halides is 3. The fourth-order valence-corrected chi connectivity index (χ4v) is 15.0. The van der Waals surface area contributed by atoms with E-state index in [0.29, 0.717) is 141 Å². The summed E-state index contributed by atoms with van der Waals surface area (Å²) in [4.78, 5) is 61.7. The van der Waals surface area contributed by atoms with Gasteiger partial charge in [0.25, 0.3) is 0 Å². The Kier molecular flexibility index (Phi) is 17.3. The molecule has 546 valence electrons. The molecule has 20 rings (SSSR count). The van der Waals surface area contributed by atoms with Crippen LogP contribution in [0.15, 0.2) is 352 Å². The molecule has 6 aromatic heterocycles. The molecule has 0 aliphatic carbocycles. The van der Waals surface area contributed by atoms with Crippen LogP contribution < -0.4 is 0 Å². The maximum atomic E-state index is 17.1. The summed E-state index contributed by atoms with van der Waals surface area (Å²) in [5.41, 5.74) is 10.6. The second kappa shape index (κ2) is 29.0. The highest BCUT2D eigenvalue weighted by molar-refractivity contribution is 6.14. The molecule has 0 saturated carbocycles. The van der Waals surface area contributed by atoms with Crippen molar-refractivity contribution >= 4 is 43.6 Å². The number of hydrogen-bond acceptors (Lipinski definition) is 13. The topological polar surface area (TPSA) is 188 Å². The Morgan fingerprint density at radius 2 is 0.431 bits per heavy atom. The highest BCUT2D eigenvalue weighted by Crippen LogP contribution is 2.48. The number of hydrogen-bond donors (Lipinski definition) is 0. The normalized spacial score (nSPS) is 11.6. The fraction of sp³-hybridized carbons (Fsp3) is 0.0102. The largest absolute Gasteiger partial charge is 0.417 e. The predicted molar refractivity (Wildman–Crippen MR) is 449 cm³/mol. The molecule has 0 saturated heterocycles. The molecule has 116 heavy (non-hydrogen) atoms. The van der Waals surface area contributed by atoms with Crippen molar-refractivity contribution in [2.24, 2.45) is 0 Å². The summed E-state index contributed by atoms with van der Waals surface area (Å²) < 4.78 is 55.1. The van der Waals surface area contributed by atoms with E-state index in [9.17, 15) is 5.26 Å². The van der Waals surface area contributed by atoms with Crippen molar-refractivity contribution in [1.82, 2.24) is 68.9 Å². The average Bonchev–Trinajstić information content (AvgIpc) is 1.55. The number of nitrogens with zero attached hydrogens (tertiary/aromatic N) is 15. The van der Waals surface area contributed by atoms with E-state index in [1.54, 1.807) is 24.3 Å². The fourth-order valence-electron chi connectivity index (χ4n) is 15.0. The lowest BCUT2D eigenvalue weighted by Crippen LogP contribution is -2.12. The number of aromatic nitrogens is 14. The third-order valence-corrected chi connectivity index (χ3v) is 20.6. The van der Waals surface area contributed by atoms with Crippen LogP contribution in [0.4, 0.5) is 13.2 Å². The Morgan fingerprint density at radius 3 is 0.655 bits per heavy atom. The third kappa shape index (κ3) is 13.0. The van der Waals surface area contributed by atoms with Crippen molar-refractivity contribution in [1.29, 1.82) is 5.26 Å². The molecule has 0 spiro atoms. The molecule has 0 amide bonds. The lowest BCUT2D eigenvalue weighted by atomic mass is 9.95. The first-order valence-corrected chi connectivity index (χ1v) is 37.5. The lowest BCUT2D eigenvalue weighted by molar-refractivity contribution is -0.137. The number of rotatable bonds is 15. The van der Waals surface area contributed by atoms with E-state index in [1.807, 2.05) is 325 Å². The first-order valence-electron chi connectivity index (χ1n) is 37.5.